The first-order chi connectivity index (χ1) is 8.11. The molecule has 0 aliphatic rings. The Labute approximate surface area is 114 Å². The number of aryl methyl sites for hydroxylation is 1. The summed E-state index contributed by atoms with van der Waals surface area (Å²) in [5, 5.41) is 0. The van der Waals surface area contributed by atoms with Crippen molar-refractivity contribution < 1.29 is 14.3 Å². The maximum absolute atomic E-state index is 10.9. The number of carbonyl (C=O) groups excluding carboxylic acids is 1. The zero-order valence-electron chi connectivity index (χ0n) is 10.7. The van der Waals surface area contributed by atoms with Crippen LogP contribution in [0.2, 0.25) is 0 Å². The fourth-order valence-corrected chi connectivity index (χ4v) is 1.35. The van der Waals surface area contributed by atoms with E-state index in [1.165, 1.54) is 12.7 Å². The lowest BCUT2D eigenvalue weighted by Gasteiger charge is -2.07. The summed E-state index contributed by atoms with van der Waals surface area (Å²) in [5.74, 6) is 0.283. The molecule has 0 aromatic heterocycles. The number of hydrogen-bond acceptors (Lipinski definition) is 4. The van der Waals surface area contributed by atoms with Gasteiger partial charge in [0.05, 0.1) is 7.11 Å². The van der Waals surface area contributed by atoms with Crippen LogP contribution in [-0.2, 0) is 16.0 Å². The largest absolute Gasteiger partial charge is 0.482 e. The van der Waals surface area contributed by atoms with Gasteiger partial charge in [-0.05, 0) is 37.5 Å². The van der Waals surface area contributed by atoms with Gasteiger partial charge < -0.3 is 15.2 Å². The second kappa shape index (κ2) is 8.78. The van der Waals surface area contributed by atoms with Crippen LogP contribution in [0.3, 0.4) is 0 Å². The standard InChI is InChI=1S/C13H19NO3.ClH/c1-10(14)3-4-11-5-7-12(8-6-11)17-9-13(15)16-2;/h5-8,10H,3-4,9,14H2,1-2H3;1H. The Morgan fingerprint density at radius 2 is 1.94 bits per heavy atom. The van der Waals surface area contributed by atoms with Crippen LogP contribution in [0.4, 0.5) is 0 Å². The van der Waals surface area contributed by atoms with Crippen LogP contribution in [0.1, 0.15) is 18.9 Å². The average Bonchev–Trinajstić information content (AvgIpc) is 2.34. The van der Waals surface area contributed by atoms with Crippen molar-refractivity contribution in [3.63, 3.8) is 0 Å². The molecule has 1 rings (SSSR count). The minimum absolute atomic E-state index is 0. The molecule has 0 aliphatic heterocycles. The molecule has 1 aromatic carbocycles. The number of benzene rings is 1. The minimum atomic E-state index is -0.383. The highest BCUT2D eigenvalue weighted by Crippen LogP contribution is 2.13. The summed E-state index contributed by atoms with van der Waals surface area (Å²) < 4.78 is 9.72. The highest BCUT2D eigenvalue weighted by molar-refractivity contribution is 5.85. The smallest absolute Gasteiger partial charge is 0.343 e. The van der Waals surface area contributed by atoms with Crippen molar-refractivity contribution in [3.05, 3.63) is 29.8 Å². The Morgan fingerprint density at radius 1 is 1.33 bits per heavy atom. The number of hydrogen-bond donors (Lipinski definition) is 1. The van der Waals surface area contributed by atoms with Gasteiger partial charge in [-0.1, -0.05) is 12.1 Å². The van der Waals surface area contributed by atoms with E-state index >= 15 is 0 Å². The maximum Gasteiger partial charge on any atom is 0.343 e. The van der Waals surface area contributed by atoms with Crippen molar-refractivity contribution in [2.75, 3.05) is 13.7 Å². The average molecular weight is 274 g/mol. The van der Waals surface area contributed by atoms with Gasteiger partial charge in [-0.15, -0.1) is 12.4 Å². The highest BCUT2D eigenvalue weighted by Gasteiger charge is 2.02. The minimum Gasteiger partial charge on any atom is -0.482 e. The fourth-order valence-electron chi connectivity index (χ4n) is 1.35. The molecule has 2 N–H and O–H groups in total. The molecule has 0 saturated carbocycles. The van der Waals surface area contributed by atoms with Crippen LogP contribution in [0.15, 0.2) is 24.3 Å². The summed E-state index contributed by atoms with van der Waals surface area (Å²) in [6, 6.07) is 7.87. The Balaban J connectivity index is 0.00000289. The molecule has 0 bridgehead atoms. The van der Waals surface area contributed by atoms with Crippen molar-refractivity contribution in [1.82, 2.24) is 0 Å². The lowest BCUT2D eigenvalue weighted by atomic mass is 10.1. The second-order valence-corrected chi connectivity index (χ2v) is 4.02. The Hall–Kier alpha value is -1.26. The second-order valence-electron chi connectivity index (χ2n) is 4.02. The molecule has 0 heterocycles. The molecule has 0 saturated heterocycles. The van der Waals surface area contributed by atoms with Gasteiger partial charge in [-0.3, -0.25) is 0 Å². The Bertz CT molecular complexity index is 352. The van der Waals surface area contributed by atoms with Gasteiger partial charge in [0.25, 0.3) is 0 Å². The van der Waals surface area contributed by atoms with Crippen LogP contribution >= 0.6 is 12.4 Å². The van der Waals surface area contributed by atoms with Crippen LogP contribution in [0.5, 0.6) is 5.75 Å². The van der Waals surface area contributed by atoms with Crippen molar-refractivity contribution in [2.45, 2.75) is 25.8 Å². The fraction of sp³-hybridized carbons (Fsp3) is 0.462. The molecular formula is C13H20ClNO3. The first-order valence-electron chi connectivity index (χ1n) is 5.66. The number of halogens is 1. The molecule has 0 amide bonds. The molecule has 0 radical (unpaired) electrons. The predicted molar refractivity (Wildman–Crippen MR) is 73.2 cm³/mol. The quantitative estimate of drug-likeness (QED) is 0.805. The summed E-state index contributed by atoms with van der Waals surface area (Å²) in [6.07, 6.45) is 1.91. The normalized spacial score (nSPS) is 11.3. The molecule has 0 aliphatic carbocycles. The number of ether oxygens (including phenoxy) is 2. The zero-order chi connectivity index (χ0) is 12.7. The lowest BCUT2D eigenvalue weighted by Crippen LogP contribution is -2.15. The van der Waals surface area contributed by atoms with Gasteiger partial charge in [-0.2, -0.15) is 0 Å². The summed E-state index contributed by atoms with van der Waals surface area (Å²) >= 11 is 0. The van der Waals surface area contributed by atoms with Crippen molar-refractivity contribution in [1.29, 1.82) is 0 Å². The van der Waals surface area contributed by atoms with Gasteiger partial charge in [0.2, 0.25) is 0 Å². The van der Waals surface area contributed by atoms with Crippen LogP contribution in [-0.4, -0.2) is 25.7 Å². The van der Waals surface area contributed by atoms with Gasteiger partial charge in [0, 0.05) is 6.04 Å². The molecule has 0 fully saturated rings. The first-order valence-corrected chi connectivity index (χ1v) is 5.66. The van der Waals surface area contributed by atoms with E-state index in [1.54, 1.807) is 0 Å². The Morgan fingerprint density at radius 3 is 2.44 bits per heavy atom. The topological polar surface area (TPSA) is 61.5 Å². The third-order valence-electron chi connectivity index (χ3n) is 2.40. The van der Waals surface area contributed by atoms with Crippen LogP contribution in [0, 0.1) is 0 Å². The van der Waals surface area contributed by atoms with Crippen molar-refractivity contribution in [3.8, 4) is 5.75 Å². The van der Waals surface area contributed by atoms with E-state index in [0.717, 1.165) is 12.8 Å². The molecule has 5 heteroatoms. The van der Waals surface area contributed by atoms with Crippen molar-refractivity contribution in [2.24, 2.45) is 5.73 Å². The van der Waals surface area contributed by atoms with Gasteiger partial charge in [-0.25, -0.2) is 4.79 Å². The van der Waals surface area contributed by atoms with E-state index in [4.69, 9.17) is 10.5 Å². The molecule has 1 unspecified atom stereocenters. The van der Waals surface area contributed by atoms with Gasteiger partial charge in [0.1, 0.15) is 5.75 Å². The molecule has 1 aromatic rings. The zero-order valence-corrected chi connectivity index (χ0v) is 11.5. The summed E-state index contributed by atoms with van der Waals surface area (Å²) in [5.41, 5.74) is 6.91. The van der Waals surface area contributed by atoms with Gasteiger partial charge in [0.15, 0.2) is 6.61 Å². The van der Waals surface area contributed by atoms with E-state index in [1.807, 2.05) is 31.2 Å². The van der Waals surface area contributed by atoms with Crippen LogP contribution in [0.25, 0.3) is 0 Å². The predicted octanol–water partition coefficient (Wildman–Crippen LogP) is 1.94. The van der Waals surface area contributed by atoms with Gasteiger partial charge >= 0.3 is 5.97 Å². The number of nitrogens with two attached hydrogens (primary N) is 1. The summed E-state index contributed by atoms with van der Waals surface area (Å²) in [7, 11) is 1.34. The highest BCUT2D eigenvalue weighted by atomic mass is 35.5. The van der Waals surface area contributed by atoms with Crippen molar-refractivity contribution >= 4 is 18.4 Å². The monoisotopic (exact) mass is 273 g/mol. The number of esters is 1. The molecule has 18 heavy (non-hydrogen) atoms. The van der Waals surface area contributed by atoms with E-state index < -0.39 is 0 Å². The summed E-state index contributed by atoms with van der Waals surface area (Å²) in [4.78, 5) is 10.9. The lowest BCUT2D eigenvalue weighted by molar-refractivity contribution is -0.142. The van der Waals surface area contributed by atoms with Crippen LogP contribution < -0.4 is 10.5 Å². The molecule has 0 spiro atoms. The molecular weight excluding hydrogens is 254 g/mol. The van der Waals surface area contributed by atoms with E-state index in [-0.39, 0.29) is 31.0 Å². The third kappa shape index (κ3) is 6.47. The number of methoxy groups -OCH3 is 1. The number of carbonyl (C=O) groups is 1. The number of rotatable bonds is 6. The third-order valence-corrected chi connectivity index (χ3v) is 2.40. The first kappa shape index (κ1) is 16.7. The summed E-state index contributed by atoms with van der Waals surface area (Å²) in [6.45, 7) is 1.93. The molecule has 4 nitrogen and oxygen atoms in total. The SMILES string of the molecule is COC(=O)COc1ccc(CCC(C)N)cc1.Cl. The maximum atomic E-state index is 10.9. The van der Waals surface area contributed by atoms with E-state index in [0.29, 0.717) is 5.75 Å². The molecule has 102 valence electrons. The molecule has 1 atom stereocenters. The Kier molecular flexibility index (Phi) is 8.16. The van der Waals surface area contributed by atoms with E-state index in [9.17, 15) is 4.79 Å². The van der Waals surface area contributed by atoms with E-state index in [2.05, 4.69) is 4.74 Å².